The van der Waals surface area contributed by atoms with Crippen LogP contribution in [0.4, 0.5) is 4.39 Å². The fourth-order valence-electron chi connectivity index (χ4n) is 4.34. The first-order valence-corrected chi connectivity index (χ1v) is 15.2. The fraction of sp³-hybridized carbons (Fsp3) is 0.161. The van der Waals surface area contributed by atoms with Crippen LogP contribution in [0.25, 0.3) is 33.2 Å². The molecule has 5 aromatic rings. The molecule has 0 fully saturated rings. The Morgan fingerprint density at radius 1 is 0.868 bits per heavy atom. The molecule has 0 saturated heterocycles. The van der Waals surface area contributed by atoms with Crippen molar-refractivity contribution < 1.29 is 12.8 Å². The average Bonchev–Trinajstić information content (AvgIpc) is 2.92. The highest BCUT2D eigenvalue weighted by molar-refractivity contribution is 7.98. The van der Waals surface area contributed by atoms with Gasteiger partial charge in [0.1, 0.15) is 15.7 Å². The van der Waals surface area contributed by atoms with Crippen LogP contribution in [-0.2, 0) is 22.0 Å². The molecule has 4 nitrogen and oxygen atoms in total. The molecule has 192 valence electrons. The number of sulfone groups is 1. The van der Waals surface area contributed by atoms with Gasteiger partial charge in [-0.25, -0.2) is 12.8 Å². The second-order valence-corrected chi connectivity index (χ2v) is 13.0. The summed E-state index contributed by atoms with van der Waals surface area (Å²) in [5, 5.41) is 0.504. The summed E-state index contributed by atoms with van der Waals surface area (Å²) in [7, 11) is -3.14. The number of fused-ring (bicyclic) bond motifs is 1. The van der Waals surface area contributed by atoms with E-state index in [0.29, 0.717) is 6.42 Å². The lowest BCUT2D eigenvalue weighted by molar-refractivity contribution is 0.588. The molecule has 0 N–H and O–H groups in total. The summed E-state index contributed by atoms with van der Waals surface area (Å²) < 4.78 is 37.4. The number of halogens is 1. The lowest BCUT2D eigenvalue weighted by Crippen LogP contribution is -2.18. The Hall–Kier alpha value is -3.55. The van der Waals surface area contributed by atoms with Crippen molar-refractivity contribution in [2.24, 2.45) is 0 Å². The molecule has 0 aliphatic carbocycles. The van der Waals surface area contributed by atoms with Gasteiger partial charge in [-0.2, -0.15) is 0 Å². The van der Waals surface area contributed by atoms with Crippen molar-refractivity contribution in [3.63, 3.8) is 0 Å². The third-order valence-corrected chi connectivity index (χ3v) is 9.22. The van der Waals surface area contributed by atoms with E-state index < -0.39 is 15.1 Å². The maximum absolute atomic E-state index is 13.2. The molecule has 2 heterocycles. The van der Waals surface area contributed by atoms with E-state index in [4.69, 9.17) is 0 Å². The minimum absolute atomic E-state index is 0.235. The summed E-state index contributed by atoms with van der Waals surface area (Å²) >= 11 is 1.66. The lowest BCUT2D eigenvalue weighted by Gasteiger charge is -2.14. The highest BCUT2D eigenvalue weighted by Crippen LogP contribution is 2.33. The maximum atomic E-state index is 13.2. The predicted molar refractivity (Wildman–Crippen MR) is 154 cm³/mol. The van der Waals surface area contributed by atoms with Crippen molar-refractivity contribution in [3.8, 4) is 22.3 Å². The van der Waals surface area contributed by atoms with Crippen molar-refractivity contribution in [2.75, 3.05) is 6.26 Å². The maximum Gasteiger partial charge on any atom is 0.150 e. The Morgan fingerprint density at radius 2 is 1.66 bits per heavy atom. The van der Waals surface area contributed by atoms with Crippen LogP contribution < -0.4 is 0 Å². The smallest absolute Gasteiger partial charge is 0.150 e. The minimum atomic E-state index is -3.14. The van der Waals surface area contributed by atoms with E-state index in [1.54, 1.807) is 37.0 Å². The van der Waals surface area contributed by atoms with Crippen LogP contribution >= 0.6 is 11.8 Å². The molecular formula is C31H27FN2O2S2. The SMILES string of the molecule is CC(Cc1cc(-c2cccc(-c3cncc(SCc4ccc(F)cc4)c3)c2)c2ncccc2c1)S(C)(=O)=O. The fourth-order valence-corrected chi connectivity index (χ4v) is 5.71. The number of rotatable bonds is 8. The van der Waals surface area contributed by atoms with Gasteiger partial charge in [0, 0.05) is 52.0 Å². The van der Waals surface area contributed by atoms with Crippen molar-refractivity contribution in [3.05, 3.63) is 114 Å². The van der Waals surface area contributed by atoms with Gasteiger partial charge in [0.2, 0.25) is 0 Å². The number of aromatic nitrogens is 2. The molecular weight excluding hydrogens is 515 g/mol. The second-order valence-electron chi connectivity index (χ2n) is 9.47. The van der Waals surface area contributed by atoms with Crippen LogP contribution in [0.3, 0.4) is 0 Å². The topological polar surface area (TPSA) is 59.9 Å². The van der Waals surface area contributed by atoms with Gasteiger partial charge in [0.25, 0.3) is 0 Å². The van der Waals surface area contributed by atoms with E-state index in [-0.39, 0.29) is 5.82 Å². The molecule has 0 aliphatic heterocycles. The summed E-state index contributed by atoms with van der Waals surface area (Å²) in [6, 6.07) is 24.9. The van der Waals surface area contributed by atoms with E-state index in [2.05, 4.69) is 40.3 Å². The highest BCUT2D eigenvalue weighted by atomic mass is 32.2. The zero-order chi connectivity index (χ0) is 26.7. The third-order valence-electron chi connectivity index (χ3n) is 6.56. The number of hydrogen-bond donors (Lipinski definition) is 0. The molecule has 0 saturated carbocycles. The first-order valence-electron chi connectivity index (χ1n) is 12.3. The number of pyridine rings is 2. The van der Waals surface area contributed by atoms with E-state index in [9.17, 15) is 12.8 Å². The molecule has 1 unspecified atom stereocenters. The Balaban J connectivity index is 1.47. The zero-order valence-corrected chi connectivity index (χ0v) is 22.8. The molecule has 0 aliphatic rings. The largest absolute Gasteiger partial charge is 0.263 e. The molecule has 5 rings (SSSR count). The van der Waals surface area contributed by atoms with Crippen LogP contribution in [0.1, 0.15) is 18.1 Å². The molecule has 3 aromatic carbocycles. The Bertz CT molecular complexity index is 1700. The van der Waals surface area contributed by atoms with Crippen LogP contribution in [-0.4, -0.2) is 29.9 Å². The van der Waals surface area contributed by atoms with Gasteiger partial charge in [0.05, 0.1) is 10.8 Å². The van der Waals surface area contributed by atoms with Gasteiger partial charge in [0.15, 0.2) is 0 Å². The monoisotopic (exact) mass is 542 g/mol. The molecule has 1 atom stereocenters. The van der Waals surface area contributed by atoms with Crippen LogP contribution in [0, 0.1) is 5.82 Å². The van der Waals surface area contributed by atoms with E-state index in [1.165, 1.54) is 18.4 Å². The first-order chi connectivity index (χ1) is 18.3. The van der Waals surface area contributed by atoms with Crippen LogP contribution in [0.15, 0.2) is 102 Å². The molecule has 38 heavy (non-hydrogen) atoms. The summed E-state index contributed by atoms with van der Waals surface area (Å²) in [5.41, 5.74) is 6.88. The normalized spacial score (nSPS) is 12.5. The van der Waals surface area contributed by atoms with Gasteiger partial charge >= 0.3 is 0 Å². The summed E-state index contributed by atoms with van der Waals surface area (Å²) in [6.45, 7) is 1.75. The number of nitrogens with zero attached hydrogens (tertiary/aromatic N) is 2. The molecule has 0 spiro atoms. The van der Waals surface area contributed by atoms with Gasteiger partial charge in [-0.05, 0) is 78.1 Å². The quantitative estimate of drug-likeness (QED) is 0.192. The van der Waals surface area contributed by atoms with Crippen molar-refractivity contribution in [1.29, 1.82) is 0 Å². The number of benzene rings is 3. The highest BCUT2D eigenvalue weighted by Gasteiger charge is 2.17. The minimum Gasteiger partial charge on any atom is -0.263 e. The van der Waals surface area contributed by atoms with Crippen molar-refractivity contribution in [1.82, 2.24) is 9.97 Å². The molecule has 0 radical (unpaired) electrons. The first kappa shape index (κ1) is 26.1. The Kier molecular flexibility index (Phi) is 7.58. The second kappa shape index (κ2) is 11.1. The summed E-state index contributed by atoms with van der Waals surface area (Å²) in [6.07, 6.45) is 7.19. The standard InChI is InChI=1S/C31H27FN2O2S2/c1-21(38(2,35)36)13-23-14-26-7-4-12-34-31(26)30(15-23)25-6-3-5-24(16-25)27-17-29(19-33-18-27)37-20-22-8-10-28(32)11-9-22/h3-12,14-19,21H,13,20H2,1-2H3. The number of hydrogen-bond acceptors (Lipinski definition) is 5. The van der Waals surface area contributed by atoms with E-state index in [0.717, 1.165) is 54.9 Å². The molecule has 2 aromatic heterocycles. The molecule has 7 heteroatoms. The predicted octanol–water partition coefficient (Wildman–Crippen LogP) is 7.37. The number of thioether (sulfide) groups is 1. The van der Waals surface area contributed by atoms with Crippen molar-refractivity contribution in [2.45, 2.75) is 29.2 Å². The Labute approximate surface area is 226 Å². The van der Waals surface area contributed by atoms with Gasteiger partial charge in [-0.1, -0.05) is 36.4 Å². The Morgan fingerprint density at radius 3 is 2.45 bits per heavy atom. The van der Waals surface area contributed by atoms with Crippen molar-refractivity contribution >= 4 is 32.5 Å². The average molecular weight is 543 g/mol. The zero-order valence-electron chi connectivity index (χ0n) is 21.1. The summed E-state index contributed by atoms with van der Waals surface area (Å²) in [5.74, 6) is 0.489. The van der Waals surface area contributed by atoms with Gasteiger partial charge in [-0.15, -0.1) is 11.8 Å². The van der Waals surface area contributed by atoms with Gasteiger partial charge in [-0.3, -0.25) is 9.97 Å². The van der Waals surface area contributed by atoms with E-state index >= 15 is 0 Å². The van der Waals surface area contributed by atoms with Crippen LogP contribution in [0.5, 0.6) is 0 Å². The third kappa shape index (κ3) is 6.11. The molecule has 0 bridgehead atoms. The van der Waals surface area contributed by atoms with Gasteiger partial charge < -0.3 is 0 Å². The summed E-state index contributed by atoms with van der Waals surface area (Å²) in [4.78, 5) is 10.1. The van der Waals surface area contributed by atoms with Crippen LogP contribution in [0.2, 0.25) is 0 Å². The lowest BCUT2D eigenvalue weighted by atomic mass is 9.95. The van der Waals surface area contributed by atoms with E-state index in [1.807, 2.05) is 36.7 Å². The molecule has 0 amide bonds.